The number of benzene rings is 2. The van der Waals surface area contributed by atoms with Crippen molar-refractivity contribution in [2.45, 2.75) is 6.42 Å². The van der Waals surface area contributed by atoms with Gasteiger partial charge in [-0.3, -0.25) is 9.59 Å². The SMILES string of the molecule is O=Cc1ccc2c(c1)N(CCc1ccccc1)C(=O)CO2. The van der Waals surface area contributed by atoms with Gasteiger partial charge in [-0.05, 0) is 30.2 Å². The van der Waals surface area contributed by atoms with Crippen molar-refractivity contribution in [1.29, 1.82) is 0 Å². The lowest BCUT2D eigenvalue weighted by Gasteiger charge is -2.29. The van der Waals surface area contributed by atoms with Gasteiger partial charge in [0.2, 0.25) is 0 Å². The molecule has 0 spiro atoms. The Hall–Kier alpha value is -2.62. The maximum absolute atomic E-state index is 12.1. The fourth-order valence-electron chi connectivity index (χ4n) is 2.42. The van der Waals surface area contributed by atoms with Gasteiger partial charge in [-0.15, -0.1) is 0 Å². The average molecular weight is 281 g/mol. The molecule has 1 aliphatic rings. The number of hydrogen-bond acceptors (Lipinski definition) is 3. The molecule has 1 amide bonds. The van der Waals surface area contributed by atoms with E-state index in [1.165, 1.54) is 5.56 Å². The summed E-state index contributed by atoms with van der Waals surface area (Å²) in [5.74, 6) is 0.565. The molecule has 4 nitrogen and oxygen atoms in total. The highest BCUT2D eigenvalue weighted by molar-refractivity contribution is 5.98. The van der Waals surface area contributed by atoms with Crippen LogP contribution in [0.2, 0.25) is 0 Å². The summed E-state index contributed by atoms with van der Waals surface area (Å²) in [6.07, 6.45) is 1.53. The number of nitrogens with zero attached hydrogens (tertiary/aromatic N) is 1. The molecule has 1 heterocycles. The lowest BCUT2D eigenvalue weighted by Crippen LogP contribution is -2.40. The zero-order chi connectivity index (χ0) is 14.7. The largest absolute Gasteiger partial charge is 0.482 e. The molecule has 0 fully saturated rings. The summed E-state index contributed by atoms with van der Waals surface area (Å²) in [5.41, 5.74) is 2.38. The topological polar surface area (TPSA) is 46.6 Å². The lowest BCUT2D eigenvalue weighted by atomic mass is 10.1. The Morgan fingerprint density at radius 1 is 1.14 bits per heavy atom. The van der Waals surface area contributed by atoms with Crippen LogP contribution in [-0.2, 0) is 11.2 Å². The number of amides is 1. The Balaban J connectivity index is 1.84. The van der Waals surface area contributed by atoms with Crippen LogP contribution in [0.3, 0.4) is 0 Å². The Kier molecular flexibility index (Phi) is 3.69. The molecule has 0 radical (unpaired) electrons. The monoisotopic (exact) mass is 281 g/mol. The second-order valence-corrected chi connectivity index (χ2v) is 4.91. The molecule has 0 N–H and O–H groups in total. The molecular formula is C17H15NO3. The van der Waals surface area contributed by atoms with Gasteiger partial charge in [-0.25, -0.2) is 0 Å². The zero-order valence-corrected chi connectivity index (χ0v) is 11.5. The molecule has 0 unspecified atom stereocenters. The van der Waals surface area contributed by atoms with Crippen LogP contribution >= 0.6 is 0 Å². The summed E-state index contributed by atoms with van der Waals surface area (Å²) in [7, 11) is 0. The van der Waals surface area contributed by atoms with E-state index in [9.17, 15) is 9.59 Å². The van der Waals surface area contributed by atoms with Crippen LogP contribution in [0, 0.1) is 0 Å². The van der Waals surface area contributed by atoms with Gasteiger partial charge in [0.25, 0.3) is 5.91 Å². The molecule has 0 bridgehead atoms. The third-order valence-electron chi connectivity index (χ3n) is 3.53. The van der Waals surface area contributed by atoms with Crippen LogP contribution in [0.15, 0.2) is 48.5 Å². The fraction of sp³-hybridized carbons (Fsp3) is 0.176. The number of hydrogen-bond donors (Lipinski definition) is 0. The van der Waals surface area contributed by atoms with Crippen molar-refractivity contribution in [3.8, 4) is 5.75 Å². The molecular weight excluding hydrogens is 266 g/mol. The van der Waals surface area contributed by atoms with Crippen LogP contribution < -0.4 is 9.64 Å². The molecule has 1 aliphatic heterocycles. The minimum absolute atomic E-state index is 0.0439. The van der Waals surface area contributed by atoms with Gasteiger partial charge in [0.05, 0.1) is 5.69 Å². The summed E-state index contributed by atoms with van der Waals surface area (Å²) in [4.78, 5) is 24.7. The second kappa shape index (κ2) is 5.79. The molecule has 3 rings (SSSR count). The summed E-state index contributed by atoms with van der Waals surface area (Å²) in [6.45, 7) is 0.615. The second-order valence-electron chi connectivity index (χ2n) is 4.91. The molecule has 0 aromatic heterocycles. The number of fused-ring (bicyclic) bond motifs is 1. The van der Waals surface area contributed by atoms with Crippen LogP contribution in [0.1, 0.15) is 15.9 Å². The molecule has 0 saturated carbocycles. The van der Waals surface area contributed by atoms with E-state index in [2.05, 4.69) is 0 Å². The predicted octanol–water partition coefficient (Wildman–Crippen LogP) is 2.47. The highest BCUT2D eigenvalue weighted by Crippen LogP contribution is 2.32. The molecule has 4 heteroatoms. The number of aldehydes is 1. The Labute approximate surface area is 123 Å². The lowest BCUT2D eigenvalue weighted by molar-refractivity contribution is -0.121. The van der Waals surface area contributed by atoms with Gasteiger partial charge in [0.1, 0.15) is 12.0 Å². The molecule has 106 valence electrons. The van der Waals surface area contributed by atoms with Gasteiger partial charge < -0.3 is 9.64 Å². The van der Waals surface area contributed by atoms with Crippen LogP contribution in [0.4, 0.5) is 5.69 Å². The first kappa shape index (κ1) is 13.4. The predicted molar refractivity (Wildman–Crippen MR) is 79.8 cm³/mol. The van der Waals surface area contributed by atoms with Gasteiger partial charge in [-0.1, -0.05) is 30.3 Å². The molecule has 2 aromatic rings. The van der Waals surface area contributed by atoms with Crippen molar-refractivity contribution in [3.05, 3.63) is 59.7 Å². The number of ether oxygens (including phenoxy) is 1. The van der Waals surface area contributed by atoms with Crippen LogP contribution in [0.25, 0.3) is 0 Å². The van der Waals surface area contributed by atoms with E-state index in [0.717, 1.165) is 12.7 Å². The van der Waals surface area contributed by atoms with E-state index in [0.29, 0.717) is 23.5 Å². The maximum Gasteiger partial charge on any atom is 0.265 e. The third-order valence-corrected chi connectivity index (χ3v) is 3.53. The molecule has 21 heavy (non-hydrogen) atoms. The summed E-state index contributed by atoms with van der Waals surface area (Å²) in [5, 5.41) is 0. The first-order valence-corrected chi connectivity index (χ1v) is 6.84. The summed E-state index contributed by atoms with van der Waals surface area (Å²) < 4.78 is 5.41. The van der Waals surface area contributed by atoms with Crippen LogP contribution in [-0.4, -0.2) is 25.3 Å². The highest BCUT2D eigenvalue weighted by atomic mass is 16.5. The van der Waals surface area contributed by atoms with E-state index in [1.54, 1.807) is 23.1 Å². The molecule has 0 saturated heterocycles. The summed E-state index contributed by atoms with van der Waals surface area (Å²) in [6, 6.07) is 15.1. The van der Waals surface area contributed by atoms with Crippen LogP contribution in [0.5, 0.6) is 5.75 Å². The van der Waals surface area contributed by atoms with Crippen molar-refractivity contribution in [1.82, 2.24) is 0 Å². The van der Waals surface area contributed by atoms with Crippen molar-refractivity contribution in [2.75, 3.05) is 18.1 Å². The van der Waals surface area contributed by atoms with E-state index < -0.39 is 0 Å². The third kappa shape index (κ3) is 2.79. The quantitative estimate of drug-likeness (QED) is 0.809. The minimum Gasteiger partial charge on any atom is -0.482 e. The first-order valence-electron chi connectivity index (χ1n) is 6.84. The number of rotatable bonds is 4. The van der Waals surface area contributed by atoms with E-state index in [4.69, 9.17) is 4.74 Å². The number of carbonyl (C=O) groups is 2. The van der Waals surface area contributed by atoms with Gasteiger partial charge in [-0.2, -0.15) is 0 Å². The Bertz CT molecular complexity index is 667. The highest BCUT2D eigenvalue weighted by Gasteiger charge is 2.25. The molecule has 2 aromatic carbocycles. The normalized spacial score (nSPS) is 13.5. The Morgan fingerprint density at radius 2 is 1.95 bits per heavy atom. The number of carbonyl (C=O) groups excluding carboxylic acids is 2. The van der Waals surface area contributed by atoms with E-state index >= 15 is 0 Å². The first-order chi connectivity index (χ1) is 10.3. The molecule has 0 atom stereocenters. The maximum atomic E-state index is 12.1. The molecule has 0 aliphatic carbocycles. The number of anilines is 1. The standard InChI is InChI=1S/C17H15NO3/c19-11-14-6-7-16-15(10-14)18(17(20)12-21-16)9-8-13-4-2-1-3-5-13/h1-7,10-11H,8-9,12H2. The van der Waals surface area contributed by atoms with Gasteiger partial charge in [0.15, 0.2) is 6.61 Å². The Morgan fingerprint density at radius 3 is 2.71 bits per heavy atom. The van der Waals surface area contributed by atoms with E-state index in [1.807, 2.05) is 30.3 Å². The average Bonchev–Trinajstić information content (AvgIpc) is 2.54. The smallest absolute Gasteiger partial charge is 0.265 e. The fourth-order valence-corrected chi connectivity index (χ4v) is 2.42. The van der Waals surface area contributed by atoms with Gasteiger partial charge in [0, 0.05) is 12.1 Å². The van der Waals surface area contributed by atoms with Crippen molar-refractivity contribution >= 4 is 17.9 Å². The minimum atomic E-state index is -0.0820. The van der Waals surface area contributed by atoms with Crippen molar-refractivity contribution in [3.63, 3.8) is 0 Å². The van der Waals surface area contributed by atoms with Gasteiger partial charge >= 0.3 is 0 Å². The van der Waals surface area contributed by atoms with E-state index in [-0.39, 0.29) is 12.5 Å². The van der Waals surface area contributed by atoms with Crippen molar-refractivity contribution in [2.24, 2.45) is 0 Å². The summed E-state index contributed by atoms with van der Waals surface area (Å²) >= 11 is 0. The van der Waals surface area contributed by atoms with Crippen molar-refractivity contribution < 1.29 is 14.3 Å². The zero-order valence-electron chi connectivity index (χ0n) is 11.5.